The van der Waals surface area contributed by atoms with E-state index in [0.29, 0.717) is 0 Å². The van der Waals surface area contributed by atoms with Crippen molar-refractivity contribution in [1.29, 1.82) is 0 Å². The molecule has 0 radical (unpaired) electrons. The number of fused-ring (bicyclic) bond motifs is 1. The Bertz CT molecular complexity index is 756. The fourth-order valence-corrected chi connectivity index (χ4v) is 2.42. The maximum absolute atomic E-state index is 11.9. The van der Waals surface area contributed by atoms with E-state index in [1.807, 2.05) is 24.3 Å². The lowest BCUT2D eigenvalue weighted by Gasteiger charge is -2.14. The van der Waals surface area contributed by atoms with Crippen LogP contribution in [0.3, 0.4) is 0 Å². The van der Waals surface area contributed by atoms with E-state index in [2.05, 4.69) is 16.0 Å². The van der Waals surface area contributed by atoms with E-state index >= 15 is 0 Å². The fourth-order valence-electron chi connectivity index (χ4n) is 2.42. The fraction of sp³-hybridized carbons (Fsp3) is 0.294. The number of nitrogens with one attached hydrogen (secondary N) is 2. The van der Waals surface area contributed by atoms with Gasteiger partial charge in [0.25, 0.3) is 0 Å². The molecule has 1 amide bonds. The average Bonchev–Trinajstić information content (AvgIpc) is 2.95. The number of aromatic nitrogens is 1. The van der Waals surface area contributed by atoms with E-state index in [4.69, 9.17) is 5.11 Å². The first kappa shape index (κ1) is 20.0. The molecule has 2 aromatic rings. The number of aromatic amines is 1. The minimum Gasteiger partial charge on any atom is -0.480 e. The van der Waals surface area contributed by atoms with Gasteiger partial charge in [-0.2, -0.15) is 0 Å². The van der Waals surface area contributed by atoms with Crippen LogP contribution in [0.15, 0.2) is 30.5 Å². The first-order valence-electron chi connectivity index (χ1n) is 7.51. The number of benzene rings is 1. The highest BCUT2D eigenvalue weighted by molar-refractivity contribution is 5.86. The predicted molar refractivity (Wildman–Crippen MR) is 91.5 cm³/mol. The summed E-state index contributed by atoms with van der Waals surface area (Å²) in [4.78, 5) is 37.0. The van der Waals surface area contributed by atoms with Gasteiger partial charge in [0.1, 0.15) is 6.04 Å². The highest BCUT2D eigenvalue weighted by Crippen LogP contribution is 2.19. The molecule has 0 fully saturated rings. The van der Waals surface area contributed by atoms with Crippen LogP contribution in [0.5, 0.6) is 0 Å². The Kier molecular flexibility index (Phi) is 7.01. The molecule has 8 heteroatoms. The van der Waals surface area contributed by atoms with Crippen LogP contribution in [0.4, 0.5) is 0 Å². The zero-order valence-electron chi connectivity index (χ0n) is 14.0. The Balaban J connectivity index is 0.00000312. The molecule has 0 aliphatic heterocycles. The lowest BCUT2D eigenvalue weighted by atomic mass is 10.0. The summed E-state index contributed by atoms with van der Waals surface area (Å²) in [5, 5.41) is 21.4. The molecule has 0 aliphatic carbocycles. The molecule has 1 aromatic heterocycles. The number of carbonyl (C=O) groups excluding carboxylic acids is 1. The van der Waals surface area contributed by atoms with Gasteiger partial charge >= 0.3 is 11.9 Å². The molecule has 0 bridgehead atoms. The zero-order valence-corrected chi connectivity index (χ0v) is 14.0. The third-order valence-corrected chi connectivity index (χ3v) is 3.80. The van der Waals surface area contributed by atoms with Gasteiger partial charge in [0.05, 0.1) is 0 Å². The molecule has 134 valence electrons. The number of para-hydroxylation sites is 1. The van der Waals surface area contributed by atoms with Gasteiger partial charge in [-0.05, 0) is 11.6 Å². The Hall–Kier alpha value is -3.00. The van der Waals surface area contributed by atoms with Crippen molar-refractivity contribution in [2.24, 2.45) is 0 Å². The molecule has 0 aliphatic rings. The number of amides is 1. The number of aliphatic carboxylic acids is 2. The number of hydrogen-bond acceptors (Lipinski definition) is 3. The van der Waals surface area contributed by atoms with Crippen LogP contribution in [0.25, 0.3) is 10.9 Å². The maximum Gasteiger partial charge on any atom is 0.362 e. The topological polar surface area (TPSA) is 147 Å². The molecular weight excluding hydrogens is 326 g/mol. The van der Waals surface area contributed by atoms with E-state index in [9.17, 15) is 19.5 Å². The molecule has 0 saturated heterocycles. The van der Waals surface area contributed by atoms with Crippen LogP contribution in [-0.2, 0) is 20.8 Å². The number of carbonyl (C=O) groups is 3. The van der Waals surface area contributed by atoms with Crippen molar-refractivity contribution in [3.05, 3.63) is 43.5 Å². The molecule has 0 saturated carbocycles. The van der Waals surface area contributed by atoms with Gasteiger partial charge in [0.2, 0.25) is 5.91 Å². The van der Waals surface area contributed by atoms with Crippen molar-refractivity contribution in [3.8, 4) is 0 Å². The van der Waals surface area contributed by atoms with Crippen LogP contribution < -0.4 is 11.1 Å². The van der Waals surface area contributed by atoms with Crippen molar-refractivity contribution < 1.29 is 30.3 Å². The summed E-state index contributed by atoms with van der Waals surface area (Å²) in [5.74, 6) is -2.73. The molecule has 1 heterocycles. The summed E-state index contributed by atoms with van der Waals surface area (Å²) in [6.45, 7) is 0. The monoisotopic (exact) mass is 349 g/mol. The Morgan fingerprint density at radius 3 is 2.48 bits per heavy atom. The smallest absolute Gasteiger partial charge is 0.362 e. The third-order valence-electron chi connectivity index (χ3n) is 3.80. The van der Waals surface area contributed by atoms with Gasteiger partial charge in [0, 0.05) is 43.8 Å². The molecule has 0 spiro atoms. The number of carboxylic acids is 2. The van der Waals surface area contributed by atoms with Crippen LogP contribution in [-0.4, -0.2) is 45.1 Å². The quantitative estimate of drug-likeness (QED) is 0.432. The number of hydrogen-bond donors (Lipinski definition) is 5. The largest absolute Gasteiger partial charge is 0.480 e. The summed E-state index contributed by atoms with van der Waals surface area (Å²) in [6, 6.07) is 5.51. The molecule has 0 unspecified atom stereocenters. The van der Waals surface area contributed by atoms with E-state index in [0.717, 1.165) is 16.5 Å². The first-order chi connectivity index (χ1) is 11.4. The number of quaternary nitrogens is 1. The van der Waals surface area contributed by atoms with Gasteiger partial charge in [-0.15, -0.1) is 0 Å². The minimum absolute atomic E-state index is 0. The predicted octanol–water partition coefficient (Wildman–Crippen LogP) is 0.205. The summed E-state index contributed by atoms with van der Waals surface area (Å²) < 4.78 is 0. The van der Waals surface area contributed by atoms with E-state index < -0.39 is 29.9 Å². The number of rotatable bonds is 8. The van der Waals surface area contributed by atoms with Gasteiger partial charge in [-0.25, -0.2) is 9.59 Å². The number of H-pyrrole nitrogens is 1. The Morgan fingerprint density at radius 1 is 1.16 bits per heavy atom. The lowest BCUT2D eigenvalue weighted by Crippen LogP contribution is -2.65. The van der Waals surface area contributed by atoms with Crippen molar-refractivity contribution in [2.45, 2.75) is 31.3 Å². The molecular formula is C17H23N3O5+2. The molecule has 2 atom stereocenters. The van der Waals surface area contributed by atoms with Gasteiger partial charge in [-0.3, -0.25) is 4.79 Å². The number of carboxylic acid groups (broad SMARTS) is 2. The first-order valence-corrected chi connectivity index (χ1v) is 7.51. The van der Waals surface area contributed by atoms with Crippen molar-refractivity contribution in [1.82, 2.24) is 10.3 Å². The van der Waals surface area contributed by atoms with Crippen LogP contribution >= 0.6 is 0 Å². The van der Waals surface area contributed by atoms with Crippen LogP contribution in [0, 0.1) is 7.43 Å². The van der Waals surface area contributed by atoms with Gasteiger partial charge < -0.3 is 26.2 Å². The molecule has 2 rings (SSSR count). The third kappa shape index (κ3) is 5.25. The highest BCUT2D eigenvalue weighted by Gasteiger charge is 2.23. The SMILES string of the molecule is [CH3+].[NH3+][C@H](CCC(=O)N[C@H](Cc1c[nH]c2ccccc12)C(=O)O)C(=O)O. The van der Waals surface area contributed by atoms with Crippen molar-refractivity contribution in [3.63, 3.8) is 0 Å². The van der Waals surface area contributed by atoms with Crippen molar-refractivity contribution >= 4 is 28.7 Å². The maximum atomic E-state index is 11.9. The second-order valence-corrected chi connectivity index (χ2v) is 5.60. The van der Waals surface area contributed by atoms with E-state index in [-0.39, 0.29) is 26.7 Å². The average molecular weight is 349 g/mol. The molecule has 8 nitrogen and oxygen atoms in total. The normalized spacial score (nSPS) is 12.8. The van der Waals surface area contributed by atoms with Crippen LogP contribution in [0.2, 0.25) is 0 Å². The summed E-state index contributed by atoms with van der Waals surface area (Å²) in [5.41, 5.74) is 5.10. The van der Waals surface area contributed by atoms with Crippen LogP contribution in [0.1, 0.15) is 18.4 Å². The minimum atomic E-state index is -1.14. The standard InChI is InChI=1S/C16H19N3O5.CH3/c17-11(15(21)22)5-6-14(20)19-13(16(23)24)7-9-8-18-12-4-2-1-3-10(9)12;/h1-4,8,11,13,18H,5-7,17H2,(H,19,20)(H,21,22)(H,23,24);1H3/q;+1/p+1/t11-,13-;/m1./s1. The second-order valence-electron chi connectivity index (χ2n) is 5.60. The molecule has 25 heavy (non-hydrogen) atoms. The molecule has 7 N–H and O–H groups in total. The Labute approximate surface area is 145 Å². The van der Waals surface area contributed by atoms with E-state index in [1.165, 1.54) is 0 Å². The summed E-state index contributed by atoms with van der Waals surface area (Å²) in [6.07, 6.45) is 1.83. The van der Waals surface area contributed by atoms with Gasteiger partial charge in [0.15, 0.2) is 6.04 Å². The zero-order chi connectivity index (χ0) is 17.7. The second kappa shape index (κ2) is 8.74. The Morgan fingerprint density at radius 2 is 1.84 bits per heavy atom. The molecule has 1 aromatic carbocycles. The summed E-state index contributed by atoms with van der Waals surface area (Å²) >= 11 is 0. The van der Waals surface area contributed by atoms with Gasteiger partial charge in [-0.1, -0.05) is 18.2 Å². The van der Waals surface area contributed by atoms with Crippen molar-refractivity contribution in [2.75, 3.05) is 0 Å². The van der Waals surface area contributed by atoms with E-state index in [1.54, 1.807) is 6.20 Å². The summed E-state index contributed by atoms with van der Waals surface area (Å²) in [7, 11) is 0. The highest BCUT2D eigenvalue weighted by atomic mass is 16.4. The lowest BCUT2D eigenvalue weighted by molar-refractivity contribution is -0.408.